The Balaban J connectivity index is 2.97. The lowest BCUT2D eigenvalue weighted by atomic mass is 10.3. The highest BCUT2D eigenvalue weighted by atomic mass is 35.5. The van der Waals surface area contributed by atoms with Gasteiger partial charge in [-0.3, -0.25) is 0 Å². The molecule has 0 atom stereocenters. The molecule has 0 unspecified atom stereocenters. The van der Waals surface area contributed by atoms with Crippen molar-refractivity contribution in [1.82, 2.24) is 4.98 Å². The van der Waals surface area contributed by atoms with E-state index in [0.29, 0.717) is 24.8 Å². The SMILES string of the molecule is CCN(CCCl)c1cccc(C(F)(F)F)n1. The minimum absolute atomic E-state index is 0.304. The average molecular weight is 253 g/mol. The predicted molar refractivity (Wildman–Crippen MR) is 57.8 cm³/mol. The van der Waals surface area contributed by atoms with Crippen molar-refractivity contribution in [3.05, 3.63) is 23.9 Å². The summed E-state index contributed by atoms with van der Waals surface area (Å²) in [6, 6.07) is 3.85. The van der Waals surface area contributed by atoms with E-state index in [0.717, 1.165) is 6.07 Å². The summed E-state index contributed by atoms with van der Waals surface area (Å²) in [6.07, 6.45) is -4.41. The molecule has 0 aliphatic heterocycles. The van der Waals surface area contributed by atoms with Crippen LogP contribution < -0.4 is 4.90 Å². The maximum Gasteiger partial charge on any atom is 0.433 e. The van der Waals surface area contributed by atoms with Gasteiger partial charge in [-0.25, -0.2) is 4.98 Å². The first kappa shape index (κ1) is 13.1. The second-order valence-electron chi connectivity index (χ2n) is 3.15. The molecule has 0 spiro atoms. The van der Waals surface area contributed by atoms with Gasteiger partial charge in [0.25, 0.3) is 0 Å². The van der Waals surface area contributed by atoms with Crippen LogP contribution in [-0.4, -0.2) is 24.0 Å². The number of hydrogen-bond donors (Lipinski definition) is 0. The Morgan fingerprint density at radius 2 is 2.06 bits per heavy atom. The number of rotatable bonds is 4. The maximum absolute atomic E-state index is 12.4. The van der Waals surface area contributed by atoms with E-state index >= 15 is 0 Å². The molecule has 0 aromatic carbocycles. The summed E-state index contributed by atoms with van der Waals surface area (Å²) in [5.74, 6) is 0.657. The summed E-state index contributed by atoms with van der Waals surface area (Å²) >= 11 is 5.56. The molecule has 1 aromatic heterocycles. The van der Waals surface area contributed by atoms with Gasteiger partial charge in [-0.15, -0.1) is 11.6 Å². The van der Waals surface area contributed by atoms with Gasteiger partial charge in [-0.2, -0.15) is 13.2 Å². The van der Waals surface area contributed by atoms with Crippen molar-refractivity contribution >= 4 is 17.4 Å². The van der Waals surface area contributed by atoms with Crippen LogP contribution in [0.15, 0.2) is 18.2 Å². The molecule has 2 nitrogen and oxygen atoms in total. The molecule has 0 N–H and O–H groups in total. The third-order valence-electron chi connectivity index (χ3n) is 2.08. The van der Waals surface area contributed by atoms with Crippen molar-refractivity contribution < 1.29 is 13.2 Å². The van der Waals surface area contributed by atoms with E-state index in [1.54, 1.807) is 11.0 Å². The Bertz CT molecular complexity index is 341. The van der Waals surface area contributed by atoms with Crippen LogP contribution >= 0.6 is 11.6 Å². The van der Waals surface area contributed by atoms with Gasteiger partial charge in [0.15, 0.2) is 0 Å². The standard InChI is InChI=1S/C10H12ClF3N2/c1-2-16(7-6-11)9-5-3-4-8(15-9)10(12,13)14/h3-5H,2,6-7H2,1H3. The van der Waals surface area contributed by atoms with Gasteiger partial charge in [0.1, 0.15) is 11.5 Å². The lowest BCUT2D eigenvalue weighted by molar-refractivity contribution is -0.141. The molecule has 0 aliphatic rings. The summed E-state index contributed by atoms with van der Waals surface area (Å²) in [5.41, 5.74) is -0.877. The molecule has 90 valence electrons. The zero-order valence-electron chi connectivity index (χ0n) is 8.76. The lowest BCUT2D eigenvalue weighted by Gasteiger charge is -2.21. The van der Waals surface area contributed by atoms with Crippen LogP contribution in [0.4, 0.5) is 19.0 Å². The third kappa shape index (κ3) is 3.27. The zero-order valence-corrected chi connectivity index (χ0v) is 9.52. The highest BCUT2D eigenvalue weighted by Crippen LogP contribution is 2.28. The van der Waals surface area contributed by atoms with E-state index in [-0.39, 0.29) is 0 Å². The van der Waals surface area contributed by atoms with Crippen molar-refractivity contribution in [3.63, 3.8) is 0 Å². The minimum atomic E-state index is -4.41. The first-order chi connectivity index (χ1) is 7.49. The van der Waals surface area contributed by atoms with Crippen LogP contribution in [0.1, 0.15) is 12.6 Å². The van der Waals surface area contributed by atoms with Crippen molar-refractivity contribution in [1.29, 1.82) is 0 Å². The van der Waals surface area contributed by atoms with Gasteiger partial charge in [-0.1, -0.05) is 6.07 Å². The van der Waals surface area contributed by atoms with Gasteiger partial charge in [0.2, 0.25) is 0 Å². The molecule has 0 radical (unpaired) electrons. The molecule has 0 saturated carbocycles. The van der Waals surface area contributed by atoms with E-state index in [2.05, 4.69) is 4.98 Å². The van der Waals surface area contributed by atoms with Crippen LogP contribution in [0.5, 0.6) is 0 Å². The number of pyridine rings is 1. The summed E-state index contributed by atoms with van der Waals surface area (Å²) in [4.78, 5) is 5.27. The second-order valence-corrected chi connectivity index (χ2v) is 3.53. The number of aromatic nitrogens is 1. The Labute approximate surface area is 97.0 Å². The van der Waals surface area contributed by atoms with Gasteiger partial charge < -0.3 is 4.90 Å². The fourth-order valence-corrected chi connectivity index (χ4v) is 1.50. The summed E-state index contributed by atoms with van der Waals surface area (Å²) < 4.78 is 37.2. The van der Waals surface area contributed by atoms with E-state index in [1.807, 2.05) is 6.92 Å². The Kier molecular flexibility index (Phi) is 4.41. The molecule has 1 rings (SSSR count). The minimum Gasteiger partial charge on any atom is -0.356 e. The molecule has 1 heterocycles. The van der Waals surface area contributed by atoms with Crippen LogP contribution in [0, 0.1) is 0 Å². The molecule has 0 fully saturated rings. The first-order valence-corrected chi connectivity index (χ1v) is 5.37. The Morgan fingerprint density at radius 1 is 1.38 bits per heavy atom. The fraction of sp³-hybridized carbons (Fsp3) is 0.500. The molecule has 16 heavy (non-hydrogen) atoms. The van der Waals surface area contributed by atoms with Crippen molar-refractivity contribution in [3.8, 4) is 0 Å². The summed E-state index contributed by atoms with van der Waals surface area (Å²) in [5, 5.41) is 0. The Hall–Kier alpha value is -0.970. The molecule has 6 heteroatoms. The highest BCUT2D eigenvalue weighted by molar-refractivity contribution is 6.18. The normalized spacial score (nSPS) is 11.6. The van der Waals surface area contributed by atoms with E-state index < -0.39 is 11.9 Å². The average Bonchev–Trinajstić information content (AvgIpc) is 2.25. The predicted octanol–water partition coefficient (Wildman–Crippen LogP) is 3.17. The molecule has 0 saturated heterocycles. The number of nitrogens with zero attached hydrogens (tertiary/aromatic N) is 2. The van der Waals surface area contributed by atoms with E-state index in [9.17, 15) is 13.2 Å². The van der Waals surface area contributed by atoms with Crippen molar-refractivity contribution in [2.45, 2.75) is 13.1 Å². The zero-order chi connectivity index (χ0) is 12.2. The monoisotopic (exact) mass is 252 g/mol. The van der Waals surface area contributed by atoms with Crippen LogP contribution in [0.2, 0.25) is 0 Å². The van der Waals surface area contributed by atoms with Gasteiger partial charge in [0, 0.05) is 19.0 Å². The van der Waals surface area contributed by atoms with Gasteiger partial charge >= 0.3 is 6.18 Å². The van der Waals surface area contributed by atoms with Crippen molar-refractivity contribution in [2.24, 2.45) is 0 Å². The first-order valence-electron chi connectivity index (χ1n) is 4.84. The highest BCUT2D eigenvalue weighted by Gasteiger charge is 2.32. The topological polar surface area (TPSA) is 16.1 Å². The maximum atomic E-state index is 12.4. The summed E-state index contributed by atoms with van der Waals surface area (Å²) in [7, 11) is 0. The fourth-order valence-electron chi connectivity index (χ4n) is 1.29. The summed E-state index contributed by atoms with van der Waals surface area (Å²) in [6.45, 7) is 2.89. The quantitative estimate of drug-likeness (QED) is 0.766. The van der Waals surface area contributed by atoms with Crippen LogP contribution in [-0.2, 0) is 6.18 Å². The molecular weight excluding hydrogens is 241 g/mol. The lowest BCUT2D eigenvalue weighted by Crippen LogP contribution is -2.26. The number of hydrogen-bond acceptors (Lipinski definition) is 2. The van der Waals surface area contributed by atoms with Gasteiger partial charge in [0.05, 0.1) is 0 Å². The smallest absolute Gasteiger partial charge is 0.356 e. The largest absolute Gasteiger partial charge is 0.433 e. The molecule has 1 aromatic rings. The number of halogens is 4. The number of anilines is 1. The molecule has 0 bridgehead atoms. The molecule has 0 aliphatic carbocycles. The van der Waals surface area contributed by atoms with E-state index in [4.69, 9.17) is 11.6 Å². The second kappa shape index (κ2) is 5.39. The molecular formula is C10H12ClF3N2. The van der Waals surface area contributed by atoms with E-state index in [1.165, 1.54) is 6.07 Å². The Morgan fingerprint density at radius 3 is 2.56 bits per heavy atom. The van der Waals surface area contributed by atoms with Gasteiger partial charge in [-0.05, 0) is 19.1 Å². The van der Waals surface area contributed by atoms with Crippen molar-refractivity contribution in [2.75, 3.05) is 23.9 Å². The number of alkyl halides is 4. The molecule has 0 amide bonds. The van der Waals surface area contributed by atoms with Crippen LogP contribution in [0.25, 0.3) is 0 Å². The van der Waals surface area contributed by atoms with Crippen LogP contribution in [0.3, 0.4) is 0 Å². The third-order valence-corrected chi connectivity index (χ3v) is 2.25.